The topological polar surface area (TPSA) is 95.4 Å². The van der Waals surface area contributed by atoms with Crippen LogP contribution in [-0.4, -0.2) is 58.0 Å². The number of carbonyl (C=O) groups excluding carboxylic acids is 1. The first-order chi connectivity index (χ1) is 15.6. The molecule has 0 spiro atoms. The summed E-state index contributed by atoms with van der Waals surface area (Å²) in [5.41, 5.74) is 7.09. The van der Waals surface area contributed by atoms with Crippen LogP contribution < -0.4 is 11.4 Å². The van der Waals surface area contributed by atoms with Crippen molar-refractivity contribution in [3.63, 3.8) is 0 Å². The first kappa shape index (κ1) is 22.1. The molecule has 8 nitrogen and oxygen atoms in total. The minimum absolute atomic E-state index is 0.0171. The highest BCUT2D eigenvalue weighted by Crippen LogP contribution is 2.29. The Morgan fingerprint density at radius 2 is 1.94 bits per heavy atom. The zero-order valence-corrected chi connectivity index (χ0v) is 18.3. The number of benzene rings is 1. The second-order valence-electron chi connectivity index (χ2n) is 7.42. The molecule has 0 atom stereocenters. The summed E-state index contributed by atoms with van der Waals surface area (Å²) in [4.78, 5) is 28.9. The van der Waals surface area contributed by atoms with E-state index in [9.17, 15) is 14.0 Å². The lowest BCUT2D eigenvalue weighted by Gasteiger charge is -2.26. The maximum Gasteiger partial charge on any atom is 0.346 e. The summed E-state index contributed by atoms with van der Waals surface area (Å²) in [7, 11) is 0. The molecule has 32 heavy (non-hydrogen) atoms. The predicted octanol–water partition coefficient (Wildman–Crippen LogP) is 2.11. The van der Waals surface area contributed by atoms with Gasteiger partial charge in [0.15, 0.2) is 0 Å². The molecule has 0 radical (unpaired) electrons. The van der Waals surface area contributed by atoms with Crippen LogP contribution in [-0.2, 0) is 17.8 Å². The molecule has 1 aliphatic rings. The van der Waals surface area contributed by atoms with Gasteiger partial charge in [0.25, 0.3) is 5.91 Å². The van der Waals surface area contributed by atoms with Crippen LogP contribution in [0.5, 0.6) is 0 Å². The third-order valence-electron chi connectivity index (χ3n) is 5.27. The van der Waals surface area contributed by atoms with Crippen LogP contribution in [0.1, 0.15) is 15.2 Å². The number of thiophene rings is 1. The molecule has 168 valence electrons. The van der Waals surface area contributed by atoms with Gasteiger partial charge in [-0.25, -0.2) is 13.9 Å². The number of hydrogen-bond donors (Lipinski definition) is 1. The number of amides is 1. The van der Waals surface area contributed by atoms with Gasteiger partial charge in [-0.05, 0) is 35.4 Å². The maximum absolute atomic E-state index is 12.7. The summed E-state index contributed by atoms with van der Waals surface area (Å²) in [5.74, 6) is 0.0171. The average Bonchev–Trinajstić information content (AvgIpc) is 3.45. The molecule has 1 fully saturated rings. The lowest BCUT2D eigenvalue weighted by atomic mass is 10.1. The van der Waals surface area contributed by atoms with E-state index in [-0.39, 0.29) is 24.7 Å². The van der Waals surface area contributed by atoms with Gasteiger partial charge >= 0.3 is 5.69 Å². The summed E-state index contributed by atoms with van der Waals surface area (Å²) in [6.07, 6.45) is 1.86. The van der Waals surface area contributed by atoms with Gasteiger partial charge in [0, 0.05) is 35.0 Å². The molecule has 1 aromatic carbocycles. The van der Waals surface area contributed by atoms with Crippen molar-refractivity contribution in [1.29, 1.82) is 0 Å². The van der Waals surface area contributed by atoms with Crippen LogP contribution in [0.3, 0.4) is 0 Å². The SMILES string of the molecule is NC/C(=C\F)Cn1ncn(Cc2ccc(-c3ccc(C(=O)N4CCOCC4)cc3)s2)c1=O. The molecule has 0 saturated carbocycles. The number of rotatable bonds is 7. The van der Waals surface area contributed by atoms with Gasteiger partial charge in [-0.2, -0.15) is 5.10 Å². The smallest absolute Gasteiger partial charge is 0.346 e. The van der Waals surface area contributed by atoms with Gasteiger partial charge in [-0.3, -0.25) is 9.36 Å². The highest BCUT2D eigenvalue weighted by Gasteiger charge is 2.18. The standard InChI is InChI=1S/C22H24FN5O3S/c23-11-16(12-24)13-28-22(30)27(15-25-28)14-19-5-6-20(32-19)17-1-3-18(4-2-17)21(29)26-7-9-31-10-8-26/h1-6,11,15H,7-10,12-14,24H2/b16-11+. The molecule has 1 aliphatic heterocycles. The van der Waals surface area contributed by atoms with Crippen molar-refractivity contribution >= 4 is 17.2 Å². The first-order valence-corrected chi connectivity index (χ1v) is 11.1. The Balaban J connectivity index is 1.43. The summed E-state index contributed by atoms with van der Waals surface area (Å²) < 4.78 is 20.7. The fourth-order valence-corrected chi connectivity index (χ4v) is 4.45. The van der Waals surface area contributed by atoms with Gasteiger partial charge < -0.3 is 15.4 Å². The Labute approximate surface area is 188 Å². The van der Waals surface area contributed by atoms with E-state index >= 15 is 0 Å². The Morgan fingerprint density at radius 1 is 1.19 bits per heavy atom. The molecule has 3 aromatic rings. The van der Waals surface area contributed by atoms with Crippen molar-refractivity contribution in [2.45, 2.75) is 13.1 Å². The third kappa shape index (κ3) is 4.87. The molecule has 0 aliphatic carbocycles. The van der Waals surface area contributed by atoms with Crippen LogP contribution in [0.25, 0.3) is 10.4 Å². The summed E-state index contributed by atoms with van der Waals surface area (Å²) in [6.45, 7) is 2.80. The number of morpholine rings is 1. The van der Waals surface area contributed by atoms with Crippen LogP contribution in [0.4, 0.5) is 4.39 Å². The van der Waals surface area contributed by atoms with E-state index in [0.717, 1.165) is 15.3 Å². The highest BCUT2D eigenvalue weighted by molar-refractivity contribution is 7.15. The number of halogens is 1. The zero-order valence-electron chi connectivity index (χ0n) is 17.4. The van der Waals surface area contributed by atoms with E-state index in [2.05, 4.69) is 5.10 Å². The molecule has 0 bridgehead atoms. The maximum atomic E-state index is 12.7. The molecule has 2 N–H and O–H groups in total. The minimum Gasteiger partial charge on any atom is -0.378 e. The largest absolute Gasteiger partial charge is 0.378 e. The van der Waals surface area contributed by atoms with E-state index in [1.165, 1.54) is 15.6 Å². The Morgan fingerprint density at radius 3 is 2.62 bits per heavy atom. The van der Waals surface area contributed by atoms with Crippen LogP contribution in [0, 0.1) is 0 Å². The number of hydrogen-bond acceptors (Lipinski definition) is 6. The van der Waals surface area contributed by atoms with Gasteiger partial charge in [0.05, 0.1) is 32.6 Å². The predicted molar refractivity (Wildman–Crippen MR) is 120 cm³/mol. The normalized spacial score (nSPS) is 14.7. The molecular formula is C22H24FN5O3S. The van der Waals surface area contributed by atoms with E-state index in [4.69, 9.17) is 10.5 Å². The summed E-state index contributed by atoms with van der Waals surface area (Å²) >= 11 is 1.56. The molecule has 3 heterocycles. The van der Waals surface area contributed by atoms with Crippen molar-refractivity contribution < 1.29 is 13.9 Å². The molecule has 1 saturated heterocycles. The van der Waals surface area contributed by atoms with E-state index in [1.54, 1.807) is 16.2 Å². The van der Waals surface area contributed by atoms with Crippen molar-refractivity contribution in [3.8, 4) is 10.4 Å². The lowest BCUT2D eigenvalue weighted by Crippen LogP contribution is -2.40. The quantitative estimate of drug-likeness (QED) is 0.586. The monoisotopic (exact) mass is 457 g/mol. The molecule has 2 aromatic heterocycles. The van der Waals surface area contributed by atoms with E-state index in [0.29, 0.717) is 50.3 Å². The lowest BCUT2D eigenvalue weighted by molar-refractivity contribution is 0.0303. The minimum atomic E-state index is -0.321. The molecular weight excluding hydrogens is 433 g/mol. The van der Waals surface area contributed by atoms with Crippen LogP contribution >= 0.6 is 11.3 Å². The number of aromatic nitrogens is 3. The van der Waals surface area contributed by atoms with Gasteiger partial charge in [-0.15, -0.1) is 11.3 Å². The van der Waals surface area contributed by atoms with Crippen molar-refractivity contribution in [2.24, 2.45) is 5.73 Å². The van der Waals surface area contributed by atoms with Gasteiger partial charge in [-0.1, -0.05) is 12.1 Å². The van der Waals surface area contributed by atoms with Crippen LogP contribution in [0.15, 0.2) is 59.4 Å². The molecule has 1 amide bonds. The average molecular weight is 458 g/mol. The number of nitrogens with two attached hydrogens (primary N) is 1. The summed E-state index contributed by atoms with van der Waals surface area (Å²) in [6, 6.07) is 11.5. The fourth-order valence-electron chi connectivity index (χ4n) is 3.44. The Hall–Kier alpha value is -3.08. The number of ether oxygens (including phenoxy) is 1. The van der Waals surface area contributed by atoms with Crippen LogP contribution in [0.2, 0.25) is 0 Å². The number of nitrogens with zero attached hydrogens (tertiary/aromatic N) is 4. The van der Waals surface area contributed by atoms with Crippen molar-refractivity contribution in [2.75, 3.05) is 32.8 Å². The Bertz CT molecular complexity index is 1160. The first-order valence-electron chi connectivity index (χ1n) is 10.3. The van der Waals surface area contributed by atoms with Crippen molar-refractivity contribution in [3.05, 3.63) is 75.6 Å². The zero-order chi connectivity index (χ0) is 22.5. The third-order valence-corrected chi connectivity index (χ3v) is 6.39. The number of carbonyl (C=O) groups is 1. The fraction of sp³-hybridized carbons (Fsp3) is 0.318. The van der Waals surface area contributed by atoms with E-state index in [1.807, 2.05) is 36.4 Å². The molecule has 10 heteroatoms. The van der Waals surface area contributed by atoms with Gasteiger partial charge in [0.1, 0.15) is 6.33 Å². The second kappa shape index (κ2) is 10.0. The Kier molecular flexibility index (Phi) is 6.93. The van der Waals surface area contributed by atoms with Gasteiger partial charge in [0.2, 0.25) is 0 Å². The van der Waals surface area contributed by atoms with E-state index < -0.39 is 0 Å². The summed E-state index contributed by atoms with van der Waals surface area (Å²) in [5, 5.41) is 4.04. The highest BCUT2D eigenvalue weighted by atomic mass is 32.1. The second-order valence-corrected chi connectivity index (χ2v) is 8.59. The molecule has 0 unspecified atom stereocenters. The molecule has 4 rings (SSSR count). The van der Waals surface area contributed by atoms with Crippen molar-refractivity contribution in [1.82, 2.24) is 19.2 Å².